The van der Waals surface area contributed by atoms with Crippen molar-refractivity contribution >= 4 is 5.96 Å². The first kappa shape index (κ1) is 18.9. The molecule has 3 fully saturated rings. The van der Waals surface area contributed by atoms with Crippen LogP contribution in [-0.2, 0) is 11.2 Å². The molecule has 0 spiro atoms. The zero-order chi connectivity index (χ0) is 18.3. The van der Waals surface area contributed by atoms with Crippen LogP contribution in [0.25, 0.3) is 0 Å². The van der Waals surface area contributed by atoms with Gasteiger partial charge < -0.3 is 19.4 Å². The predicted molar refractivity (Wildman–Crippen MR) is 108 cm³/mol. The van der Waals surface area contributed by atoms with Gasteiger partial charge in [-0.15, -0.1) is 0 Å². The normalized spacial score (nSPS) is 25.9. The van der Waals surface area contributed by atoms with Crippen LogP contribution in [0.1, 0.15) is 57.1 Å². The number of furan rings is 1. The fourth-order valence-electron chi connectivity index (χ4n) is 4.94. The van der Waals surface area contributed by atoms with Crippen LogP contribution in [0.5, 0.6) is 0 Å². The van der Waals surface area contributed by atoms with Crippen molar-refractivity contribution in [3.05, 3.63) is 24.2 Å². The van der Waals surface area contributed by atoms with Gasteiger partial charge in [0, 0.05) is 45.3 Å². The highest BCUT2D eigenvalue weighted by atomic mass is 16.5. The van der Waals surface area contributed by atoms with Crippen molar-refractivity contribution in [3.8, 4) is 0 Å². The molecule has 27 heavy (non-hydrogen) atoms. The molecule has 1 N–H and O–H groups in total. The molecule has 0 aromatic carbocycles. The summed E-state index contributed by atoms with van der Waals surface area (Å²) in [5.41, 5.74) is 0. The number of ether oxygens (including phenoxy) is 1. The number of guanidine groups is 1. The minimum Gasteiger partial charge on any atom is -0.469 e. The van der Waals surface area contributed by atoms with Crippen molar-refractivity contribution in [2.45, 2.75) is 63.8 Å². The lowest BCUT2D eigenvalue weighted by molar-refractivity contribution is 0.0488. The molecular formula is C22H35N3O2. The smallest absolute Gasteiger partial charge is 0.194 e. The van der Waals surface area contributed by atoms with E-state index in [0.717, 1.165) is 62.8 Å². The molecule has 3 heterocycles. The number of likely N-dealkylation sites (tertiary alicyclic amines) is 1. The summed E-state index contributed by atoms with van der Waals surface area (Å²) in [6.45, 7) is 4.99. The van der Waals surface area contributed by atoms with Crippen molar-refractivity contribution in [2.75, 3.05) is 32.8 Å². The van der Waals surface area contributed by atoms with E-state index in [2.05, 4.69) is 10.2 Å². The quantitative estimate of drug-likeness (QED) is 0.629. The van der Waals surface area contributed by atoms with E-state index >= 15 is 0 Å². The minimum atomic E-state index is 0.600. The number of rotatable bonds is 5. The van der Waals surface area contributed by atoms with Crippen molar-refractivity contribution in [1.29, 1.82) is 0 Å². The van der Waals surface area contributed by atoms with Gasteiger partial charge in [-0.05, 0) is 56.1 Å². The summed E-state index contributed by atoms with van der Waals surface area (Å²) in [5, 5.41) is 3.82. The van der Waals surface area contributed by atoms with Gasteiger partial charge in [0.2, 0.25) is 0 Å². The maximum atomic E-state index is 5.56. The van der Waals surface area contributed by atoms with Crippen LogP contribution in [0, 0.1) is 11.8 Å². The molecule has 5 heteroatoms. The third kappa shape index (κ3) is 5.28. The average Bonchev–Trinajstić information content (AvgIpc) is 3.41. The van der Waals surface area contributed by atoms with Crippen LogP contribution in [-0.4, -0.2) is 49.7 Å². The van der Waals surface area contributed by atoms with Gasteiger partial charge in [-0.25, -0.2) is 0 Å². The monoisotopic (exact) mass is 373 g/mol. The summed E-state index contributed by atoms with van der Waals surface area (Å²) in [6, 6.07) is 4.60. The molecule has 0 radical (unpaired) electrons. The summed E-state index contributed by atoms with van der Waals surface area (Å²) in [5.74, 6) is 3.81. The van der Waals surface area contributed by atoms with Gasteiger partial charge in [-0.2, -0.15) is 0 Å². The Kier molecular flexibility index (Phi) is 6.72. The van der Waals surface area contributed by atoms with Crippen LogP contribution < -0.4 is 5.32 Å². The molecule has 1 aromatic heterocycles. The average molecular weight is 374 g/mol. The van der Waals surface area contributed by atoms with E-state index in [-0.39, 0.29) is 0 Å². The first-order chi connectivity index (χ1) is 13.4. The van der Waals surface area contributed by atoms with Gasteiger partial charge in [-0.3, -0.25) is 4.99 Å². The molecule has 0 amide bonds. The van der Waals surface area contributed by atoms with Gasteiger partial charge in [0.15, 0.2) is 5.96 Å². The molecule has 2 saturated heterocycles. The number of nitrogens with one attached hydrogen (secondary N) is 1. The fourth-order valence-corrected chi connectivity index (χ4v) is 4.94. The Morgan fingerprint density at radius 2 is 1.93 bits per heavy atom. The fraction of sp³-hybridized carbons (Fsp3) is 0.773. The van der Waals surface area contributed by atoms with Crippen LogP contribution in [0.2, 0.25) is 0 Å². The highest BCUT2D eigenvalue weighted by molar-refractivity contribution is 5.80. The molecule has 1 aromatic rings. The molecule has 1 atom stereocenters. The number of nitrogens with zero attached hydrogens (tertiary/aromatic N) is 2. The molecule has 5 nitrogen and oxygen atoms in total. The second-order valence-electron chi connectivity index (χ2n) is 8.46. The molecule has 3 aliphatic rings. The lowest BCUT2D eigenvalue weighted by Gasteiger charge is -2.31. The standard InChI is InChI=1S/C22H35N3O2/c1-2-5-20(6-3-1)24-22(23-12-8-21-7-4-14-27-21)25-13-9-19(17-25)18-10-15-26-16-11-18/h4,7,14,18-20H,1-3,5-6,8-13,15-17H2,(H,23,24). The lowest BCUT2D eigenvalue weighted by Crippen LogP contribution is -2.46. The number of hydrogen-bond acceptors (Lipinski definition) is 3. The van der Waals surface area contributed by atoms with Gasteiger partial charge in [0.25, 0.3) is 0 Å². The van der Waals surface area contributed by atoms with E-state index < -0.39 is 0 Å². The van der Waals surface area contributed by atoms with E-state index in [1.807, 2.05) is 12.1 Å². The summed E-state index contributed by atoms with van der Waals surface area (Å²) in [6.07, 6.45) is 13.1. The zero-order valence-electron chi connectivity index (χ0n) is 16.6. The Morgan fingerprint density at radius 3 is 2.70 bits per heavy atom. The topological polar surface area (TPSA) is 50.0 Å². The number of hydrogen-bond donors (Lipinski definition) is 1. The van der Waals surface area contributed by atoms with Gasteiger partial charge >= 0.3 is 0 Å². The maximum absolute atomic E-state index is 5.56. The summed E-state index contributed by atoms with van der Waals surface area (Å²) < 4.78 is 11.0. The highest BCUT2D eigenvalue weighted by Gasteiger charge is 2.32. The van der Waals surface area contributed by atoms with E-state index in [0.29, 0.717) is 6.04 Å². The second kappa shape index (κ2) is 9.63. The Balaban J connectivity index is 1.37. The first-order valence-electron chi connectivity index (χ1n) is 11.0. The van der Waals surface area contributed by atoms with Crippen LogP contribution in [0.3, 0.4) is 0 Å². The van der Waals surface area contributed by atoms with Crippen LogP contribution in [0.15, 0.2) is 27.8 Å². The summed E-state index contributed by atoms with van der Waals surface area (Å²) in [4.78, 5) is 7.53. The van der Waals surface area contributed by atoms with Crippen molar-refractivity contribution < 1.29 is 9.15 Å². The van der Waals surface area contributed by atoms with E-state index in [1.54, 1.807) is 6.26 Å². The molecule has 150 valence electrons. The highest BCUT2D eigenvalue weighted by Crippen LogP contribution is 2.31. The number of aliphatic imine (C=N–C) groups is 1. The van der Waals surface area contributed by atoms with Crippen LogP contribution >= 0.6 is 0 Å². The Bertz CT molecular complexity index is 574. The molecule has 0 bridgehead atoms. The predicted octanol–water partition coefficient (Wildman–Crippen LogP) is 3.85. The molecule has 4 rings (SSSR count). The molecular weight excluding hydrogens is 338 g/mol. The molecule has 1 aliphatic carbocycles. The largest absolute Gasteiger partial charge is 0.469 e. The van der Waals surface area contributed by atoms with Crippen molar-refractivity contribution in [2.24, 2.45) is 16.8 Å². The van der Waals surface area contributed by atoms with Crippen molar-refractivity contribution in [3.63, 3.8) is 0 Å². The second-order valence-corrected chi connectivity index (χ2v) is 8.46. The van der Waals surface area contributed by atoms with Gasteiger partial charge in [-0.1, -0.05) is 19.3 Å². The van der Waals surface area contributed by atoms with Gasteiger partial charge in [0.05, 0.1) is 6.26 Å². The maximum Gasteiger partial charge on any atom is 0.194 e. The van der Waals surface area contributed by atoms with Gasteiger partial charge in [0.1, 0.15) is 5.76 Å². The molecule has 1 saturated carbocycles. The Morgan fingerprint density at radius 1 is 1.07 bits per heavy atom. The molecule has 1 unspecified atom stereocenters. The minimum absolute atomic E-state index is 0.600. The first-order valence-corrected chi connectivity index (χ1v) is 11.0. The van der Waals surface area contributed by atoms with E-state index in [1.165, 1.54) is 51.4 Å². The Hall–Kier alpha value is -1.49. The lowest BCUT2D eigenvalue weighted by atomic mass is 9.85. The SMILES string of the molecule is c1coc(CCN=C(NC2CCCCC2)N2CCC(C3CCOCC3)C2)c1. The Labute approximate surface area is 163 Å². The molecule has 2 aliphatic heterocycles. The summed E-state index contributed by atoms with van der Waals surface area (Å²) >= 11 is 0. The zero-order valence-corrected chi connectivity index (χ0v) is 16.6. The summed E-state index contributed by atoms with van der Waals surface area (Å²) in [7, 11) is 0. The van der Waals surface area contributed by atoms with Crippen molar-refractivity contribution in [1.82, 2.24) is 10.2 Å². The van der Waals surface area contributed by atoms with Crippen LogP contribution in [0.4, 0.5) is 0 Å². The van der Waals surface area contributed by atoms with E-state index in [9.17, 15) is 0 Å². The third-order valence-corrected chi connectivity index (χ3v) is 6.60. The third-order valence-electron chi connectivity index (χ3n) is 6.60. The van der Waals surface area contributed by atoms with E-state index in [4.69, 9.17) is 14.1 Å².